The van der Waals surface area contributed by atoms with Crippen molar-refractivity contribution in [2.45, 2.75) is 44.2 Å². The minimum Gasteiger partial charge on any atom is -0.353 e. The minimum absolute atomic E-state index is 0.0874. The summed E-state index contributed by atoms with van der Waals surface area (Å²) in [5.74, 6) is 0.737. The summed E-state index contributed by atoms with van der Waals surface area (Å²) < 4.78 is 0. The molecule has 0 aromatic carbocycles. The minimum atomic E-state index is 0.0874. The van der Waals surface area contributed by atoms with Crippen molar-refractivity contribution in [2.24, 2.45) is 11.7 Å². The van der Waals surface area contributed by atoms with Gasteiger partial charge in [-0.05, 0) is 31.6 Å². The van der Waals surface area contributed by atoms with E-state index in [0.29, 0.717) is 18.4 Å². The average molecular weight is 194 g/mol. The lowest BCUT2D eigenvalue weighted by atomic mass is 10.1. The number of amides is 1. The molecule has 0 aliphatic heterocycles. The van der Waals surface area contributed by atoms with Crippen molar-refractivity contribution in [1.29, 1.82) is 0 Å². The van der Waals surface area contributed by atoms with Crippen LogP contribution in [0, 0.1) is 5.92 Å². The molecule has 3 N–H and O–H groups in total. The molecule has 3 nitrogen and oxygen atoms in total. The smallest absolute Gasteiger partial charge is 0.221 e. The Balaban J connectivity index is 1.67. The Morgan fingerprint density at radius 1 is 1.43 bits per heavy atom. The fourth-order valence-corrected chi connectivity index (χ4v) is 1.93. The molecule has 1 saturated carbocycles. The lowest BCUT2D eigenvalue weighted by Gasteiger charge is -2.14. The fraction of sp³-hybridized carbons (Fsp3) is 0.727. The second-order valence-electron chi connectivity index (χ2n) is 4.41. The lowest BCUT2D eigenvalue weighted by molar-refractivity contribution is -0.122. The molecule has 0 radical (unpaired) electrons. The van der Waals surface area contributed by atoms with Crippen LogP contribution < -0.4 is 11.1 Å². The molecule has 3 heteroatoms. The van der Waals surface area contributed by atoms with Gasteiger partial charge in [0.05, 0.1) is 0 Å². The molecule has 78 valence electrons. The van der Waals surface area contributed by atoms with E-state index in [1.165, 1.54) is 12.8 Å². The van der Waals surface area contributed by atoms with Crippen LogP contribution in [0.3, 0.4) is 0 Å². The zero-order valence-corrected chi connectivity index (χ0v) is 8.41. The van der Waals surface area contributed by atoms with Gasteiger partial charge in [0.15, 0.2) is 0 Å². The van der Waals surface area contributed by atoms with E-state index in [1.807, 2.05) is 0 Å². The van der Waals surface area contributed by atoms with Gasteiger partial charge in [-0.2, -0.15) is 0 Å². The maximum atomic E-state index is 11.5. The molecule has 1 amide bonds. The number of hydrogen-bond acceptors (Lipinski definition) is 2. The summed E-state index contributed by atoms with van der Waals surface area (Å²) in [6, 6.07) is 0.415. The summed E-state index contributed by atoms with van der Waals surface area (Å²) in [6.07, 6.45) is 9.10. The van der Waals surface area contributed by atoms with Crippen LogP contribution in [0.4, 0.5) is 0 Å². The van der Waals surface area contributed by atoms with Crippen LogP contribution >= 0.6 is 0 Å². The van der Waals surface area contributed by atoms with Gasteiger partial charge in [-0.1, -0.05) is 12.2 Å². The Morgan fingerprint density at radius 3 is 2.64 bits per heavy atom. The van der Waals surface area contributed by atoms with Crippen molar-refractivity contribution < 1.29 is 4.79 Å². The number of nitrogens with two attached hydrogens (primary N) is 1. The average Bonchev–Trinajstić information content (AvgIpc) is 2.87. The Bertz CT molecular complexity index is 232. The second kappa shape index (κ2) is 4.13. The normalized spacial score (nSPS) is 23.8. The van der Waals surface area contributed by atoms with Crippen molar-refractivity contribution >= 4 is 5.91 Å². The molecule has 0 spiro atoms. The summed E-state index contributed by atoms with van der Waals surface area (Å²) in [5, 5.41) is 3.01. The first kappa shape index (κ1) is 9.71. The SMILES string of the molecule is NC(CC(=O)NC1CC=CC1)C1CC1. The van der Waals surface area contributed by atoms with E-state index >= 15 is 0 Å². The van der Waals surface area contributed by atoms with Crippen molar-refractivity contribution in [1.82, 2.24) is 5.32 Å². The van der Waals surface area contributed by atoms with Crippen molar-refractivity contribution in [3.8, 4) is 0 Å². The largest absolute Gasteiger partial charge is 0.353 e. The maximum Gasteiger partial charge on any atom is 0.221 e. The molecule has 0 aromatic rings. The third-order valence-electron chi connectivity index (χ3n) is 3.02. The highest BCUT2D eigenvalue weighted by molar-refractivity contribution is 5.77. The van der Waals surface area contributed by atoms with Crippen LogP contribution in [-0.4, -0.2) is 18.0 Å². The molecule has 1 unspecified atom stereocenters. The van der Waals surface area contributed by atoms with Crippen molar-refractivity contribution in [2.75, 3.05) is 0 Å². The van der Waals surface area contributed by atoms with Gasteiger partial charge >= 0.3 is 0 Å². The van der Waals surface area contributed by atoms with Crippen LogP contribution in [0.25, 0.3) is 0 Å². The van der Waals surface area contributed by atoms with Crippen LogP contribution in [0.15, 0.2) is 12.2 Å². The van der Waals surface area contributed by atoms with Crippen LogP contribution in [0.2, 0.25) is 0 Å². The van der Waals surface area contributed by atoms with Crippen molar-refractivity contribution in [3.63, 3.8) is 0 Å². The molecule has 0 heterocycles. The first-order valence-corrected chi connectivity index (χ1v) is 5.45. The zero-order valence-electron chi connectivity index (χ0n) is 8.41. The van der Waals surface area contributed by atoms with Gasteiger partial charge in [0, 0.05) is 18.5 Å². The van der Waals surface area contributed by atoms with Gasteiger partial charge in [0.2, 0.25) is 5.91 Å². The van der Waals surface area contributed by atoms with E-state index in [-0.39, 0.29) is 11.9 Å². The van der Waals surface area contributed by atoms with Gasteiger partial charge < -0.3 is 11.1 Å². The van der Waals surface area contributed by atoms with Crippen LogP contribution in [0.1, 0.15) is 32.1 Å². The van der Waals surface area contributed by atoms with Crippen LogP contribution in [-0.2, 0) is 4.79 Å². The second-order valence-corrected chi connectivity index (χ2v) is 4.41. The van der Waals surface area contributed by atoms with E-state index in [1.54, 1.807) is 0 Å². The number of carbonyl (C=O) groups is 1. The first-order valence-electron chi connectivity index (χ1n) is 5.45. The number of nitrogens with one attached hydrogen (secondary N) is 1. The van der Waals surface area contributed by atoms with E-state index < -0.39 is 0 Å². The zero-order chi connectivity index (χ0) is 9.97. The van der Waals surface area contributed by atoms with E-state index in [9.17, 15) is 4.79 Å². The summed E-state index contributed by atoms with van der Waals surface area (Å²) in [4.78, 5) is 11.5. The predicted molar refractivity (Wildman–Crippen MR) is 55.6 cm³/mol. The highest BCUT2D eigenvalue weighted by Gasteiger charge is 2.30. The van der Waals surface area contributed by atoms with Gasteiger partial charge in [-0.3, -0.25) is 4.79 Å². The first-order chi connectivity index (χ1) is 6.75. The quantitative estimate of drug-likeness (QED) is 0.655. The highest BCUT2D eigenvalue weighted by Crippen LogP contribution is 2.32. The van der Waals surface area contributed by atoms with Gasteiger partial charge in [-0.15, -0.1) is 0 Å². The summed E-state index contributed by atoms with van der Waals surface area (Å²) in [5.41, 5.74) is 5.88. The standard InChI is InChI=1S/C11H18N2O/c12-10(8-5-6-8)7-11(14)13-9-3-1-2-4-9/h1-2,8-10H,3-7,12H2,(H,13,14). The lowest BCUT2D eigenvalue weighted by Crippen LogP contribution is -2.37. The topological polar surface area (TPSA) is 55.1 Å². The number of hydrogen-bond donors (Lipinski definition) is 2. The Hall–Kier alpha value is -0.830. The fourth-order valence-electron chi connectivity index (χ4n) is 1.93. The summed E-state index contributed by atoms with van der Waals surface area (Å²) >= 11 is 0. The molecule has 2 rings (SSSR count). The molecule has 0 bridgehead atoms. The maximum absolute atomic E-state index is 11.5. The Kier molecular flexibility index (Phi) is 2.87. The molecule has 0 aromatic heterocycles. The molecular weight excluding hydrogens is 176 g/mol. The van der Waals surface area contributed by atoms with E-state index in [4.69, 9.17) is 5.73 Å². The number of rotatable bonds is 4. The summed E-state index contributed by atoms with van der Waals surface area (Å²) in [7, 11) is 0. The van der Waals surface area contributed by atoms with E-state index in [0.717, 1.165) is 12.8 Å². The molecule has 14 heavy (non-hydrogen) atoms. The van der Waals surface area contributed by atoms with Crippen LogP contribution in [0.5, 0.6) is 0 Å². The molecular formula is C11H18N2O. The predicted octanol–water partition coefficient (Wildman–Crippen LogP) is 0.949. The summed E-state index contributed by atoms with van der Waals surface area (Å²) in [6.45, 7) is 0. The third kappa shape index (κ3) is 2.58. The highest BCUT2D eigenvalue weighted by atomic mass is 16.1. The molecule has 1 fully saturated rings. The van der Waals surface area contributed by atoms with Gasteiger partial charge in [0.25, 0.3) is 0 Å². The monoisotopic (exact) mass is 194 g/mol. The Morgan fingerprint density at radius 2 is 2.07 bits per heavy atom. The number of carbonyl (C=O) groups excluding carboxylic acids is 1. The van der Waals surface area contributed by atoms with Crippen molar-refractivity contribution in [3.05, 3.63) is 12.2 Å². The third-order valence-corrected chi connectivity index (χ3v) is 3.02. The molecule has 1 atom stereocenters. The molecule has 2 aliphatic rings. The molecule has 2 aliphatic carbocycles. The van der Waals surface area contributed by atoms with E-state index in [2.05, 4.69) is 17.5 Å². The van der Waals surface area contributed by atoms with Gasteiger partial charge in [0.1, 0.15) is 0 Å². The Labute approximate surface area is 84.7 Å². The van der Waals surface area contributed by atoms with Gasteiger partial charge in [-0.25, -0.2) is 0 Å². The molecule has 0 saturated heterocycles.